The molecule has 0 radical (unpaired) electrons. The van der Waals surface area contributed by atoms with Crippen molar-refractivity contribution in [2.24, 2.45) is 0 Å². The van der Waals surface area contributed by atoms with Crippen LogP contribution in [-0.4, -0.2) is 40.5 Å². The fourth-order valence-corrected chi connectivity index (χ4v) is 2.03. The summed E-state index contributed by atoms with van der Waals surface area (Å²) in [6, 6.07) is 5.87. The van der Waals surface area contributed by atoms with Gasteiger partial charge in [-0.2, -0.15) is 8.78 Å². The number of amides is 1. The number of alkyl halides is 2. The molecular formula is C12H13F2NO4S. The lowest BCUT2D eigenvalue weighted by molar-refractivity contribution is -0.146. The Labute approximate surface area is 118 Å². The number of benzene rings is 1. The lowest BCUT2D eigenvalue weighted by Crippen LogP contribution is -2.30. The molecule has 0 bridgehead atoms. The summed E-state index contributed by atoms with van der Waals surface area (Å²) in [6.07, 6.45) is -1.73. The zero-order valence-corrected chi connectivity index (χ0v) is 11.1. The summed E-state index contributed by atoms with van der Waals surface area (Å²) in [5.41, 5.74) is 0.0858. The van der Waals surface area contributed by atoms with Gasteiger partial charge in [-0.15, -0.1) is 0 Å². The van der Waals surface area contributed by atoms with Gasteiger partial charge in [0.1, 0.15) is 0 Å². The summed E-state index contributed by atoms with van der Waals surface area (Å²) in [5, 5.41) is 19.9. The van der Waals surface area contributed by atoms with Gasteiger partial charge in [0.15, 0.2) is 6.10 Å². The zero-order valence-electron chi connectivity index (χ0n) is 10.3. The second-order valence-electron chi connectivity index (χ2n) is 3.77. The van der Waals surface area contributed by atoms with Crippen LogP contribution in [0.3, 0.4) is 0 Å². The Kier molecular flexibility index (Phi) is 6.40. The van der Waals surface area contributed by atoms with Gasteiger partial charge in [0.05, 0.1) is 5.56 Å². The molecule has 110 valence electrons. The Morgan fingerprint density at radius 1 is 1.30 bits per heavy atom. The van der Waals surface area contributed by atoms with Crippen molar-refractivity contribution in [1.29, 1.82) is 0 Å². The topological polar surface area (TPSA) is 86.6 Å². The van der Waals surface area contributed by atoms with Gasteiger partial charge in [-0.25, -0.2) is 4.79 Å². The molecule has 1 rings (SSSR count). The predicted octanol–water partition coefficient (Wildman–Crippen LogP) is 1.57. The van der Waals surface area contributed by atoms with Crippen molar-refractivity contribution in [3.8, 4) is 0 Å². The second kappa shape index (κ2) is 7.81. The van der Waals surface area contributed by atoms with Crippen LogP contribution in [0.4, 0.5) is 8.78 Å². The number of carbonyl (C=O) groups is 2. The van der Waals surface area contributed by atoms with Crippen molar-refractivity contribution in [2.45, 2.75) is 23.2 Å². The van der Waals surface area contributed by atoms with E-state index in [1.807, 2.05) is 0 Å². The Balaban J connectivity index is 2.61. The van der Waals surface area contributed by atoms with E-state index < -0.39 is 23.7 Å². The average Bonchev–Trinajstić information content (AvgIpc) is 2.38. The van der Waals surface area contributed by atoms with E-state index in [1.54, 1.807) is 0 Å². The number of thioether (sulfide) groups is 1. The third-order valence-corrected chi connectivity index (χ3v) is 3.12. The summed E-state index contributed by atoms with van der Waals surface area (Å²) < 4.78 is 24.7. The summed E-state index contributed by atoms with van der Waals surface area (Å²) in [5.74, 6) is -4.61. The highest BCUT2D eigenvalue weighted by Crippen LogP contribution is 2.28. The Morgan fingerprint density at radius 3 is 2.55 bits per heavy atom. The van der Waals surface area contributed by atoms with Crippen LogP contribution in [-0.2, 0) is 4.79 Å². The molecule has 8 heteroatoms. The molecule has 0 spiro atoms. The highest BCUT2D eigenvalue weighted by molar-refractivity contribution is 7.99. The van der Waals surface area contributed by atoms with Crippen LogP contribution in [0.1, 0.15) is 16.8 Å². The first-order valence-electron chi connectivity index (χ1n) is 5.64. The largest absolute Gasteiger partial charge is 0.479 e. The molecule has 5 nitrogen and oxygen atoms in total. The smallest absolute Gasteiger partial charge is 0.332 e. The maximum atomic E-state index is 12.3. The van der Waals surface area contributed by atoms with Gasteiger partial charge in [-0.3, -0.25) is 4.79 Å². The minimum atomic E-state index is -2.64. The number of hydrogen-bond acceptors (Lipinski definition) is 4. The molecule has 1 aromatic rings. The first-order valence-corrected chi connectivity index (χ1v) is 6.52. The van der Waals surface area contributed by atoms with Crippen LogP contribution in [0.2, 0.25) is 0 Å². The van der Waals surface area contributed by atoms with Gasteiger partial charge in [-0.1, -0.05) is 23.9 Å². The zero-order chi connectivity index (χ0) is 15.1. The molecule has 1 amide bonds. The summed E-state index contributed by atoms with van der Waals surface area (Å²) in [7, 11) is 0. The fraction of sp³-hybridized carbons (Fsp3) is 0.333. The molecule has 1 aromatic carbocycles. The van der Waals surface area contributed by atoms with Crippen molar-refractivity contribution >= 4 is 23.6 Å². The minimum absolute atomic E-state index is 0.0695. The summed E-state index contributed by atoms with van der Waals surface area (Å²) >= 11 is 0.260. The van der Waals surface area contributed by atoms with Crippen LogP contribution < -0.4 is 5.32 Å². The Bertz CT molecular complexity index is 484. The van der Waals surface area contributed by atoms with Crippen LogP contribution in [0.15, 0.2) is 29.2 Å². The lowest BCUT2D eigenvalue weighted by Gasteiger charge is -2.10. The number of aliphatic carboxylic acids is 1. The summed E-state index contributed by atoms with van der Waals surface area (Å²) in [4.78, 5) is 22.3. The van der Waals surface area contributed by atoms with Gasteiger partial charge in [0.2, 0.25) is 0 Å². The molecule has 1 atom stereocenters. The van der Waals surface area contributed by atoms with Crippen LogP contribution in [0, 0.1) is 0 Å². The van der Waals surface area contributed by atoms with Crippen molar-refractivity contribution in [2.75, 3.05) is 6.54 Å². The van der Waals surface area contributed by atoms with E-state index in [4.69, 9.17) is 10.2 Å². The number of carboxylic acids is 1. The number of carbonyl (C=O) groups excluding carboxylic acids is 1. The molecule has 1 unspecified atom stereocenters. The van der Waals surface area contributed by atoms with E-state index in [1.165, 1.54) is 24.3 Å². The Hall–Kier alpha value is -1.67. The molecule has 3 N–H and O–H groups in total. The van der Waals surface area contributed by atoms with Gasteiger partial charge < -0.3 is 15.5 Å². The number of aliphatic hydroxyl groups excluding tert-OH is 1. The summed E-state index contributed by atoms with van der Waals surface area (Å²) in [6.45, 7) is -0.0695. The average molecular weight is 305 g/mol. The highest BCUT2D eigenvalue weighted by atomic mass is 32.2. The van der Waals surface area contributed by atoms with E-state index in [0.29, 0.717) is 0 Å². The van der Waals surface area contributed by atoms with Crippen LogP contribution >= 0.6 is 11.8 Å². The molecule has 0 aliphatic heterocycles. The molecule has 0 aliphatic carbocycles. The van der Waals surface area contributed by atoms with Gasteiger partial charge in [0.25, 0.3) is 11.7 Å². The molecule has 20 heavy (non-hydrogen) atoms. The molecular weight excluding hydrogens is 292 g/mol. The van der Waals surface area contributed by atoms with E-state index in [-0.39, 0.29) is 35.2 Å². The molecule has 0 saturated carbocycles. The van der Waals surface area contributed by atoms with Crippen LogP contribution in [0.25, 0.3) is 0 Å². The number of nitrogens with one attached hydrogen (secondary N) is 1. The van der Waals surface area contributed by atoms with Crippen molar-refractivity contribution in [3.05, 3.63) is 29.8 Å². The fourth-order valence-electron chi connectivity index (χ4n) is 1.39. The number of halogens is 2. The van der Waals surface area contributed by atoms with E-state index in [2.05, 4.69) is 5.32 Å². The maximum Gasteiger partial charge on any atom is 0.332 e. The molecule has 0 aromatic heterocycles. The van der Waals surface area contributed by atoms with Crippen molar-refractivity contribution in [3.63, 3.8) is 0 Å². The maximum absolute atomic E-state index is 12.3. The SMILES string of the molecule is O=C(NCCC(O)C(=O)O)c1ccccc1SC(F)F. The van der Waals surface area contributed by atoms with E-state index in [0.717, 1.165) is 0 Å². The third-order valence-electron chi connectivity index (χ3n) is 2.34. The number of aliphatic hydroxyl groups is 1. The molecule has 0 aliphatic rings. The van der Waals surface area contributed by atoms with Gasteiger partial charge in [-0.05, 0) is 12.1 Å². The van der Waals surface area contributed by atoms with Crippen molar-refractivity contribution in [1.82, 2.24) is 5.32 Å². The predicted molar refractivity (Wildman–Crippen MR) is 68.9 cm³/mol. The molecule has 0 saturated heterocycles. The quantitative estimate of drug-likeness (QED) is 0.666. The Morgan fingerprint density at radius 2 is 1.95 bits per heavy atom. The number of carboxylic acid groups (broad SMARTS) is 1. The third kappa shape index (κ3) is 5.14. The first kappa shape index (κ1) is 16.4. The highest BCUT2D eigenvalue weighted by Gasteiger charge is 2.16. The monoisotopic (exact) mass is 305 g/mol. The van der Waals surface area contributed by atoms with E-state index in [9.17, 15) is 18.4 Å². The standard InChI is InChI=1S/C12H13F2NO4S/c13-12(14)20-9-4-2-1-3-7(9)10(17)15-6-5-8(16)11(18)19/h1-4,8,12,16H,5-6H2,(H,15,17)(H,18,19). The number of hydrogen-bond donors (Lipinski definition) is 3. The van der Waals surface area contributed by atoms with Crippen molar-refractivity contribution < 1.29 is 28.6 Å². The van der Waals surface area contributed by atoms with Gasteiger partial charge >= 0.3 is 5.97 Å². The van der Waals surface area contributed by atoms with E-state index >= 15 is 0 Å². The second-order valence-corrected chi connectivity index (χ2v) is 4.81. The first-order chi connectivity index (χ1) is 9.41. The normalized spacial score (nSPS) is 12.2. The van der Waals surface area contributed by atoms with Crippen LogP contribution in [0.5, 0.6) is 0 Å². The molecule has 0 heterocycles. The lowest BCUT2D eigenvalue weighted by atomic mass is 10.2. The molecule has 0 fully saturated rings. The minimum Gasteiger partial charge on any atom is -0.479 e. The van der Waals surface area contributed by atoms with Gasteiger partial charge in [0, 0.05) is 17.9 Å². The number of rotatable bonds is 7.